The van der Waals surface area contributed by atoms with Crippen LogP contribution in [-0.4, -0.2) is 23.5 Å². The minimum absolute atomic E-state index is 0.0227. The maximum absolute atomic E-state index is 11.9. The van der Waals surface area contributed by atoms with Gasteiger partial charge in [0.05, 0.1) is 5.69 Å². The van der Waals surface area contributed by atoms with Gasteiger partial charge in [0, 0.05) is 12.6 Å². The highest BCUT2D eigenvalue weighted by atomic mass is 32.1. The molecule has 1 heterocycles. The zero-order valence-electron chi connectivity index (χ0n) is 11.1. The van der Waals surface area contributed by atoms with Crippen LogP contribution in [-0.2, 0) is 0 Å². The van der Waals surface area contributed by atoms with Crippen LogP contribution in [0, 0.1) is 12.8 Å². The summed E-state index contributed by atoms with van der Waals surface area (Å²) in [7, 11) is 0. The van der Waals surface area contributed by atoms with Gasteiger partial charge < -0.3 is 10.6 Å². The lowest BCUT2D eigenvalue weighted by molar-refractivity contribution is 0.0952. The Bertz CT molecular complexity index is 385. The molecule has 5 heteroatoms. The summed E-state index contributed by atoms with van der Waals surface area (Å²) in [5.74, 6) is 0.436. The van der Waals surface area contributed by atoms with Crippen molar-refractivity contribution in [1.29, 1.82) is 0 Å². The van der Waals surface area contributed by atoms with Gasteiger partial charge in [0.1, 0.15) is 4.88 Å². The third-order valence-corrected chi connectivity index (χ3v) is 3.17. The van der Waals surface area contributed by atoms with Gasteiger partial charge in [0.15, 0.2) is 5.13 Å². The minimum Gasteiger partial charge on any atom is -0.359 e. The summed E-state index contributed by atoms with van der Waals surface area (Å²) in [6.45, 7) is 10.8. The number of nitrogens with zero attached hydrogens (tertiary/aromatic N) is 1. The Morgan fingerprint density at radius 3 is 2.53 bits per heavy atom. The number of carbonyl (C=O) groups excluding carboxylic acids is 1. The third-order valence-electron chi connectivity index (χ3n) is 2.09. The zero-order chi connectivity index (χ0) is 13.0. The van der Waals surface area contributed by atoms with Crippen LogP contribution in [0.15, 0.2) is 0 Å². The van der Waals surface area contributed by atoms with E-state index in [1.807, 2.05) is 6.92 Å². The molecule has 0 aliphatic rings. The van der Waals surface area contributed by atoms with Gasteiger partial charge in [-0.05, 0) is 26.7 Å². The van der Waals surface area contributed by atoms with E-state index in [9.17, 15) is 4.79 Å². The van der Waals surface area contributed by atoms with Crippen LogP contribution >= 0.6 is 11.3 Å². The Hall–Kier alpha value is -1.10. The molecule has 2 N–H and O–H groups in total. The summed E-state index contributed by atoms with van der Waals surface area (Å²) in [6, 6.07) is 0.326. The number of aromatic nitrogens is 1. The Morgan fingerprint density at radius 1 is 1.35 bits per heavy atom. The first-order valence-corrected chi connectivity index (χ1v) is 6.74. The van der Waals surface area contributed by atoms with Crippen molar-refractivity contribution < 1.29 is 4.79 Å². The predicted molar refractivity (Wildman–Crippen MR) is 72.8 cm³/mol. The highest BCUT2D eigenvalue weighted by molar-refractivity contribution is 7.17. The van der Waals surface area contributed by atoms with Gasteiger partial charge in [0.25, 0.3) is 5.91 Å². The van der Waals surface area contributed by atoms with Gasteiger partial charge >= 0.3 is 0 Å². The Kier molecular flexibility index (Phi) is 4.93. The molecule has 1 aromatic heterocycles. The highest BCUT2D eigenvalue weighted by Crippen LogP contribution is 2.22. The minimum atomic E-state index is -0.0227. The smallest absolute Gasteiger partial charge is 0.263 e. The topological polar surface area (TPSA) is 54.0 Å². The lowest BCUT2D eigenvalue weighted by atomic mass is 10.2. The molecule has 0 saturated carbocycles. The fraction of sp³-hybridized carbons (Fsp3) is 0.667. The largest absolute Gasteiger partial charge is 0.359 e. The maximum atomic E-state index is 11.9. The van der Waals surface area contributed by atoms with Crippen LogP contribution in [0.2, 0.25) is 0 Å². The Morgan fingerprint density at radius 2 is 2.00 bits per heavy atom. The first-order valence-electron chi connectivity index (χ1n) is 5.92. The zero-order valence-corrected chi connectivity index (χ0v) is 11.9. The molecule has 1 aromatic rings. The van der Waals surface area contributed by atoms with Crippen molar-refractivity contribution in [2.45, 2.75) is 40.7 Å². The summed E-state index contributed by atoms with van der Waals surface area (Å²) in [6.07, 6.45) is 0. The molecule has 0 aliphatic heterocycles. The fourth-order valence-electron chi connectivity index (χ4n) is 1.29. The lowest BCUT2D eigenvalue weighted by Crippen LogP contribution is -2.27. The van der Waals surface area contributed by atoms with Gasteiger partial charge in [-0.1, -0.05) is 25.2 Å². The molecule has 0 bridgehead atoms. The Balaban J connectivity index is 2.70. The van der Waals surface area contributed by atoms with Crippen molar-refractivity contribution in [3.05, 3.63) is 10.6 Å². The molecule has 4 nitrogen and oxygen atoms in total. The van der Waals surface area contributed by atoms with E-state index in [-0.39, 0.29) is 5.91 Å². The SMILES string of the molecule is Cc1nc(NC(C)C)sc1C(=O)NCC(C)C. The number of hydrogen-bond acceptors (Lipinski definition) is 4. The highest BCUT2D eigenvalue weighted by Gasteiger charge is 2.15. The standard InChI is InChI=1S/C12H21N3OS/c1-7(2)6-13-11(16)10-9(5)15-12(17-10)14-8(3)4/h7-8H,6H2,1-5H3,(H,13,16)(H,14,15). The van der Waals surface area contributed by atoms with Crippen LogP contribution < -0.4 is 10.6 Å². The number of thiazole rings is 1. The van der Waals surface area contributed by atoms with Crippen molar-refractivity contribution in [3.8, 4) is 0 Å². The van der Waals surface area contributed by atoms with Crippen molar-refractivity contribution in [1.82, 2.24) is 10.3 Å². The number of nitrogens with one attached hydrogen (secondary N) is 2. The molecule has 17 heavy (non-hydrogen) atoms. The molecule has 0 spiro atoms. The second kappa shape index (κ2) is 6.00. The molecular weight excluding hydrogens is 234 g/mol. The normalized spacial score (nSPS) is 11.0. The average molecular weight is 255 g/mol. The van der Waals surface area contributed by atoms with Crippen molar-refractivity contribution >= 4 is 22.4 Å². The number of rotatable bonds is 5. The number of amides is 1. The molecule has 1 amide bonds. The van der Waals surface area contributed by atoms with Crippen LogP contribution in [0.3, 0.4) is 0 Å². The van der Waals surface area contributed by atoms with Gasteiger partial charge in [-0.15, -0.1) is 0 Å². The molecule has 0 aliphatic carbocycles. The van der Waals surface area contributed by atoms with E-state index in [2.05, 4.69) is 43.3 Å². The van der Waals surface area contributed by atoms with Gasteiger partial charge in [0.2, 0.25) is 0 Å². The molecule has 0 fully saturated rings. The van der Waals surface area contributed by atoms with Crippen molar-refractivity contribution in [3.63, 3.8) is 0 Å². The molecule has 0 unspecified atom stereocenters. The van der Waals surface area contributed by atoms with Crippen LogP contribution in [0.4, 0.5) is 5.13 Å². The van der Waals surface area contributed by atoms with Gasteiger partial charge in [-0.2, -0.15) is 0 Å². The Labute approximate surface area is 107 Å². The van der Waals surface area contributed by atoms with Gasteiger partial charge in [-0.3, -0.25) is 4.79 Å². The predicted octanol–water partition coefficient (Wildman–Crippen LogP) is 2.66. The fourth-order valence-corrected chi connectivity index (χ4v) is 2.32. The average Bonchev–Trinajstić information content (AvgIpc) is 2.54. The van der Waals surface area contributed by atoms with Gasteiger partial charge in [-0.25, -0.2) is 4.98 Å². The molecule has 1 rings (SSSR count). The van der Waals surface area contributed by atoms with Crippen LogP contribution in [0.25, 0.3) is 0 Å². The molecule has 96 valence electrons. The second-order valence-electron chi connectivity index (χ2n) is 4.84. The first-order chi connectivity index (χ1) is 7.90. The molecule has 0 radical (unpaired) electrons. The van der Waals surface area contributed by atoms with E-state index < -0.39 is 0 Å². The van der Waals surface area contributed by atoms with E-state index >= 15 is 0 Å². The van der Waals surface area contributed by atoms with E-state index in [1.165, 1.54) is 11.3 Å². The number of aryl methyl sites for hydroxylation is 1. The van der Waals surface area contributed by atoms with Crippen LogP contribution in [0.5, 0.6) is 0 Å². The van der Waals surface area contributed by atoms with Crippen molar-refractivity contribution in [2.75, 3.05) is 11.9 Å². The summed E-state index contributed by atoms with van der Waals surface area (Å²) in [4.78, 5) is 16.9. The molecular formula is C12H21N3OS. The van der Waals surface area contributed by atoms with Crippen molar-refractivity contribution in [2.24, 2.45) is 5.92 Å². The first kappa shape index (κ1) is 14.0. The van der Waals surface area contributed by atoms with E-state index in [4.69, 9.17) is 0 Å². The van der Waals surface area contributed by atoms with E-state index in [1.54, 1.807) is 0 Å². The summed E-state index contributed by atoms with van der Waals surface area (Å²) >= 11 is 1.41. The van der Waals surface area contributed by atoms with E-state index in [0.29, 0.717) is 23.4 Å². The second-order valence-corrected chi connectivity index (χ2v) is 5.84. The summed E-state index contributed by atoms with van der Waals surface area (Å²) in [5.41, 5.74) is 0.791. The molecule has 0 atom stereocenters. The number of carbonyl (C=O) groups is 1. The van der Waals surface area contributed by atoms with E-state index in [0.717, 1.165) is 10.8 Å². The number of anilines is 1. The summed E-state index contributed by atoms with van der Waals surface area (Å²) in [5, 5.41) is 6.93. The van der Waals surface area contributed by atoms with Crippen LogP contribution in [0.1, 0.15) is 43.1 Å². The lowest BCUT2D eigenvalue weighted by Gasteiger charge is -2.06. The summed E-state index contributed by atoms with van der Waals surface area (Å²) < 4.78 is 0. The molecule has 0 aromatic carbocycles. The maximum Gasteiger partial charge on any atom is 0.263 e. The number of hydrogen-bond donors (Lipinski definition) is 2. The third kappa shape index (κ3) is 4.34. The molecule has 0 saturated heterocycles. The monoisotopic (exact) mass is 255 g/mol. The quantitative estimate of drug-likeness (QED) is 0.850.